The van der Waals surface area contributed by atoms with E-state index >= 15 is 0 Å². The Bertz CT molecular complexity index is 315. The van der Waals surface area contributed by atoms with Crippen LogP contribution in [-0.2, 0) is 6.54 Å². The molecular weight excluding hydrogens is 256 g/mol. The van der Waals surface area contributed by atoms with Crippen LogP contribution < -0.4 is 0 Å². The lowest BCUT2D eigenvalue weighted by molar-refractivity contribution is 0.220. The number of halogens is 1. The molecule has 0 saturated carbocycles. The predicted molar refractivity (Wildman–Crippen MR) is 62.4 cm³/mol. The van der Waals surface area contributed by atoms with Crippen LogP contribution in [0.4, 0.5) is 0 Å². The van der Waals surface area contributed by atoms with Gasteiger partial charge in [0.25, 0.3) is 0 Å². The zero-order chi connectivity index (χ0) is 10.7. The van der Waals surface area contributed by atoms with Crippen molar-refractivity contribution in [2.75, 3.05) is 19.7 Å². The third-order valence-corrected chi connectivity index (χ3v) is 3.29. The molecule has 0 unspecified atom stereocenters. The maximum absolute atomic E-state index is 9.04. The SMILES string of the molecule is OC[C@@H]1CCN(Cc2ccc(Br)nc2)C1. The summed E-state index contributed by atoms with van der Waals surface area (Å²) in [5.74, 6) is 0.466. The quantitative estimate of drug-likeness (QED) is 0.849. The Kier molecular flexibility index (Phi) is 3.72. The van der Waals surface area contributed by atoms with Gasteiger partial charge in [0.1, 0.15) is 4.60 Å². The maximum atomic E-state index is 9.04. The molecule has 4 heteroatoms. The fourth-order valence-corrected chi connectivity index (χ4v) is 2.20. The monoisotopic (exact) mass is 270 g/mol. The summed E-state index contributed by atoms with van der Waals surface area (Å²) in [7, 11) is 0. The zero-order valence-corrected chi connectivity index (χ0v) is 10.2. The highest BCUT2D eigenvalue weighted by atomic mass is 79.9. The molecule has 1 atom stereocenters. The standard InChI is InChI=1S/C11H15BrN2O/c12-11-2-1-9(5-13-11)6-14-4-3-10(7-14)8-15/h1-2,5,10,15H,3-4,6-8H2/t10-/m1/s1. The summed E-state index contributed by atoms with van der Waals surface area (Å²) in [4.78, 5) is 6.57. The molecule has 1 fully saturated rings. The third-order valence-electron chi connectivity index (χ3n) is 2.82. The molecule has 0 aromatic carbocycles. The van der Waals surface area contributed by atoms with Gasteiger partial charge in [-0.15, -0.1) is 0 Å². The first kappa shape index (κ1) is 11.0. The second kappa shape index (κ2) is 5.05. The highest BCUT2D eigenvalue weighted by Crippen LogP contribution is 2.18. The van der Waals surface area contributed by atoms with E-state index in [1.807, 2.05) is 12.3 Å². The summed E-state index contributed by atoms with van der Waals surface area (Å²) in [5.41, 5.74) is 1.23. The summed E-state index contributed by atoms with van der Waals surface area (Å²) in [6.45, 7) is 3.35. The van der Waals surface area contributed by atoms with Crippen molar-refractivity contribution in [3.63, 3.8) is 0 Å². The number of aliphatic hydroxyl groups excluding tert-OH is 1. The topological polar surface area (TPSA) is 36.4 Å². The van der Waals surface area contributed by atoms with Gasteiger partial charge in [0.2, 0.25) is 0 Å². The van der Waals surface area contributed by atoms with Gasteiger partial charge in [-0.2, -0.15) is 0 Å². The molecule has 0 amide bonds. The molecule has 1 aliphatic rings. The minimum Gasteiger partial charge on any atom is -0.396 e. The lowest BCUT2D eigenvalue weighted by Gasteiger charge is -2.15. The van der Waals surface area contributed by atoms with Gasteiger partial charge in [0, 0.05) is 25.9 Å². The van der Waals surface area contributed by atoms with E-state index < -0.39 is 0 Å². The molecule has 82 valence electrons. The number of nitrogens with zero attached hydrogens (tertiary/aromatic N) is 2. The van der Waals surface area contributed by atoms with Crippen molar-refractivity contribution in [2.24, 2.45) is 5.92 Å². The lowest BCUT2D eigenvalue weighted by Crippen LogP contribution is -2.21. The number of aliphatic hydroxyl groups is 1. The van der Waals surface area contributed by atoms with E-state index in [-0.39, 0.29) is 0 Å². The number of likely N-dealkylation sites (tertiary alicyclic amines) is 1. The second-order valence-corrected chi connectivity index (χ2v) is 4.87. The van der Waals surface area contributed by atoms with Gasteiger partial charge < -0.3 is 5.11 Å². The Labute approximate surface area is 98.3 Å². The Hall–Kier alpha value is -0.450. The first-order chi connectivity index (χ1) is 7.28. The number of rotatable bonds is 3. The van der Waals surface area contributed by atoms with Gasteiger partial charge >= 0.3 is 0 Å². The Morgan fingerprint density at radius 2 is 2.40 bits per heavy atom. The van der Waals surface area contributed by atoms with Crippen molar-refractivity contribution in [1.82, 2.24) is 9.88 Å². The summed E-state index contributed by atoms with van der Waals surface area (Å²) in [6.07, 6.45) is 3.01. The molecule has 2 heterocycles. The number of hydrogen-bond acceptors (Lipinski definition) is 3. The van der Waals surface area contributed by atoms with Crippen LogP contribution in [0.3, 0.4) is 0 Å². The van der Waals surface area contributed by atoms with Gasteiger partial charge in [0.05, 0.1) is 0 Å². The van der Waals surface area contributed by atoms with E-state index in [4.69, 9.17) is 5.11 Å². The van der Waals surface area contributed by atoms with Crippen molar-refractivity contribution in [3.8, 4) is 0 Å². The van der Waals surface area contributed by atoms with Crippen LogP contribution in [-0.4, -0.2) is 34.7 Å². The molecule has 0 spiro atoms. The number of hydrogen-bond donors (Lipinski definition) is 1. The van der Waals surface area contributed by atoms with Gasteiger partial charge in [0.15, 0.2) is 0 Å². The average Bonchev–Trinajstić information content (AvgIpc) is 2.69. The molecule has 1 aromatic rings. The lowest BCUT2D eigenvalue weighted by atomic mass is 10.1. The summed E-state index contributed by atoms with van der Waals surface area (Å²) in [5, 5.41) is 9.04. The van der Waals surface area contributed by atoms with Gasteiger partial charge in [-0.3, -0.25) is 4.90 Å². The highest BCUT2D eigenvalue weighted by Gasteiger charge is 2.21. The predicted octanol–water partition coefficient (Wildman–Crippen LogP) is 1.66. The molecule has 0 radical (unpaired) electrons. The number of pyridine rings is 1. The van der Waals surface area contributed by atoms with Crippen LogP contribution in [0.1, 0.15) is 12.0 Å². The van der Waals surface area contributed by atoms with E-state index in [1.165, 1.54) is 5.56 Å². The average molecular weight is 271 g/mol. The van der Waals surface area contributed by atoms with Crippen LogP contribution in [0.2, 0.25) is 0 Å². The molecule has 1 saturated heterocycles. The maximum Gasteiger partial charge on any atom is 0.106 e. The largest absolute Gasteiger partial charge is 0.396 e. The van der Waals surface area contributed by atoms with Crippen molar-refractivity contribution in [2.45, 2.75) is 13.0 Å². The van der Waals surface area contributed by atoms with Crippen LogP contribution in [0.25, 0.3) is 0 Å². The molecule has 0 bridgehead atoms. The zero-order valence-electron chi connectivity index (χ0n) is 8.56. The Morgan fingerprint density at radius 1 is 1.53 bits per heavy atom. The Morgan fingerprint density at radius 3 is 3.00 bits per heavy atom. The molecule has 0 aliphatic carbocycles. The molecular formula is C11H15BrN2O. The van der Waals surface area contributed by atoms with Crippen LogP contribution >= 0.6 is 15.9 Å². The van der Waals surface area contributed by atoms with Crippen molar-refractivity contribution < 1.29 is 5.11 Å². The van der Waals surface area contributed by atoms with E-state index in [2.05, 4.69) is 31.9 Å². The molecule has 2 rings (SSSR count). The molecule has 15 heavy (non-hydrogen) atoms. The summed E-state index contributed by atoms with van der Waals surface area (Å²) < 4.78 is 0.876. The van der Waals surface area contributed by atoms with E-state index in [1.54, 1.807) is 0 Å². The first-order valence-electron chi connectivity index (χ1n) is 5.21. The first-order valence-corrected chi connectivity index (χ1v) is 6.01. The van der Waals surface area contributed by atoms with Crippen LogP contribution in [0, 0.1) is 5.92 Å². The van der Waals surface area contributed by atoms with E-state index in [0.29, 0.717) is 12.5 Å². The number of aromatic nitrogens is 1. The van der Waals surface area contributed by atoms with Gasteiger partial charge in [-0.1, -0.05) is 6.07 Å². The fourth-order valence-electron chi connectivity index (χ4n) is 1.96. The Balaban J connectivity index is 1.90. The van der Waals surface area contributed by atoms with E-state index in [9.17, 15) is 0 Å². The fraction of sp³-hybridized carbons (Fsp3) is 0.545. The van der Waals surface area contributed by atoms with Crippen molar-refractivity contribution in [1.29, 1.82) is 0 Å². The van der Waals surface area contributed by atoms with Gasteiger partial charge in [-0.25, -0.2) is 4.98 Å². The normalized spacial score (nSPS) is 22.1. The molecule has 1 aliphatic heterocycles. The minimum atomic E-state index is 0.315. The van der Waals surface area contributed by atoms with Crippen molar-refractivity contribution in [3.05, 3.63) is 28.5 Å². The van der Waals surface area contributed by atoms with E-state index in [0.717, 1.165) is 30.7 Å². The molecule has 3 nitrogen and oxygen atoms in total. The smallest absolute Gasteiger partial charge is 0.106 e. The summed E-state index contributed by atoms with van der Waals surface area (Å²) in [6, 6.07) is 4.05. The summed E-state index contributed by atoms with van der Waals surface area (Å²) >= 11 is 3.32. The highest BCUT2D eigenvalue weighted by molar-refractivity contribution is 9.10. The molecule has 1 N–H and O–H groups in total. The van der Waals surface area contributed by atoms with Gasteiger partial charge in [-0.05, 0) is 46.4 Å². The van der Waals surface area contributed by atoms with Crippen LogP contribution in [0.5, 0.6) is 0 Å². The molecule has 1 aromatic heterocycles. The minimum absolute atomic E-state index is 0.315. The second-order valence-electron chi connectivity index (χ2n) is 4.06. The van der Waals surface area contributed by atoms with Crippen molar-refractivity contribution >= 4 is 15.9 Å². The van der Waals surface area contributed by atoms with Crippen LogP contribution in [0.15, 0.2) is 22.9 Å². The third kappa shape index (κ3) is 3.00.